The first-order valence-electron chi connectivity index (χ1n) is 7.29. The van der Waals surface area contributed by atoms with Crippen LogP contribution in [0.25, 0.3) is 0 Å². The lowest BCUT2D eigenvalue weighted by atomic mass is 10.1. The average Bonchev–Trinajstić information content (AvgIpc) is 2.52. The number of aryl methyl sites for hydroxylation is 1. The first-order valence-corrected chi connectivity index (χ1v) is 9.01. The molecule has 24 heavy (non-hydrogen) atoms. The van der Waals surface area contributed by atoms with Crippen molar-refractivity contribution in [1.29, 1.82) is 0 Å². The smallest absolute Gasteiger partial charge is 0.251 e. The minimum absolute atomic E-state index is 0.286. The van der Waals surface area contributed by atoms with Crippen LogP contribution < -0.4 is 15.2 Å². The van der Waals surface area contributed by atoms with E-state index < -0.39 is 10.0 Å². The summed E-state index contributed by atoms with van der Waals surface area (Å²) in [4.78, 5) is 12.2. The fraction of sp³-hybridized carbons (Fsp3) is 0.235. The van der Waals surface area contributed by atoms with E-state index in [-0.39, 0.29) is 11.7 Å². The van der Waals surface area contributed by atoms with Gasteiger partial charge in [0.15, 0.2) is 0 Å². The van der Waals surface area contributed by atoms with Gasteiger partial charge in [0.05, 0.1) is 12.9 Å². The van der Waals surface area contributed by atoms with Gasteiger partial charge in [-0.05, 0) is 41.8 Å². The predicted molar refractivity (Wildman–Crippen MR) is 92.2 cm³/mol. The Kier molecular flexibility index (Phi) is 5.58. The molecule has 2 rings (SSSR count). The quantitative estimate of drug-likeness (QED) is 0.830. The largest absolute Gasteiger partial charge is 0.496 e. The summed E-state index contributed by atoms with van der Waals surface area (Å²) >= 11 is 0. The molecule has 0 fully saturated rings. The molecule has 0 aliphatic heterocycles. The number of ether oxygens (including phenoxy) is 1. The molecule has 0 aromatic heterocycles. The van der Waals surface area contributed by atoms with Gasteiger partial charge in [0.2, 0.25) is 10.0 Å². The van der Waals surface area contributed by atoms with E-state index in [9.17, 15) is 13.2 Å². The van der Waals surface area contributed by atoms with E-state index in [1.165, 1.54) is 6.07 Å². The van der Waals surface area contributed by atoms with E-state index in [2.05, 4.69) is 5.32 Å². The van der Waals surface area contributed by atoms with Crippen molar-refractivity contribution in [2.45, 2.75) is 19.2 Å². The zero-order chi connectivity index (χ0) is 17.7. The van der Waals surface area contributed by atoms with Crippen molar-refractivity contribution in [2.75, 3.05) is 7.11 Å². The number of hydrogen-bond donors (Lipinski definition) is 2. The number of primary sulfonamides is 1. The summed E-state index contributed by atoms with van der Waals surface area (Å²) in [5.41, 5.74) is 2.78. The van der Waals surface area contributed by atoms with Gasteiger partial charge in [-0.25, -0.2) is 13.6 Å². The van der Waals surface area contributed by atoms with Crippen LogP contribution in [0.3, 0.4) is 0 Å². The summed E-state index contributed by atoms with van der Waals surface area (Å²) in [5, 5.41) is 7.83. The lowest BCUT2D eigenvalue weighted by Crippen LogP contribution is -2.23. The van der Waals surface area contributed by atoms with Gasteiger partial charge < -0.3 is 10.1 Å². The molecular formula is C17H20N2O4S. The highest BCUT2D eigenvalue weighted by Gasteiger charge is 2.10. The van der Waals surface area contributed by atoms with Crippen LogP contribution in [0.1, 0.15) is 27.0 Å². The molecule has 0 heterocycles. The van der Waals surface area contributed by atoms with Crippen LogP contribution in [-0.2, 0) is 22.3 Å². The summed E-state index contributed by atoms with van der Waals surface area (Å²) in [6, 6.07) is 12.1. The van der Waals surface area contributed by atoms with E-state index in [4.69, 9.17) is 9.88 Å². The topological polar surface area (TPSA) is 98.5 Å². The fourth-order valence-corrected chi connectivity index (χ4v) is 2.94. The Morgan fingerprint density at radius 1 is 1.17 bits per heavy atom. The van der Waals surface area contributed by atoms with Crippen molar-refractivity contribution in [1.82, 2.24) is 5.32 Å². The molecule has 0 radical (unpaired) electrons. The molecular weight excluding hydrogens is 328 g/mol. The monoisotopic (exact) mass is 348 g/mol. The minimum Gasteiger partial charge on any atom is -0.496 e. The number of nitrogens with one attached hydrogen (secondary N) is 1. The van der Waals surface area contributed by atoms with Crippen LogP contribution in [0.15, 0.2) is 42.5 Å². The Morgan fingerprint density at radius 2 is 1.92 bits per heavy atom. The molecule has 1 amide bonds. The molecule has 128 valence electrons. The third kappa shape index (κ3) is 5.07. The highest BCUT2D eigenvalue weighted by atomic mass is 32.2. The molecule has 0 aliphatic rings. The maximum atomic E-state index is 12.2. The highest BCUT2D eigenvalue weighted by Crippen LogP contribution is 2.19. The fourth-order valence-electron chi connectivity index (χ4n) is 2.29. The Hall–Kier alpha value is -2.38. The zero-order valence-corrected chi connectivity index (χ0v) is 14.4. The van der Waals surface area contributed by atoms with Gasteiger partial charge in [-0.2, -0.15) is 0 Å². The second kappa shape index (κ2) is 7.46. The van der Waals surface area contributed by atoms with Gasteiger partial charge in [-0.1, -0.05) is 24.3 Å². The lowest BCUT2D eigenvalue weighted by Gasteiger charge is -2.09. The molecule has 0 unspecified atom stereocenters. The maximum absolute atomic E-state index is 12.2. The van der Waals surface area contributed by atoms with Crippen LogP contribution in [0.5, 0.6) is 5.75 Å². The van der Waals surface area contributed by atoms with Crippen LogP contribution in [0.4, 0.5) is 0 Å². The van der Waals surface area contributed by atoms with E-state index in [0.29, 0.717) is 17.7 Å². The number of rotatable bonds is 6. The number of amides is 1. The summed E-state index contributed by atoms with van der Waals surface area (Å²) in [6.07, 6.45) is 0. The second-order valence-electron chi connectivity index (χ2n) is 5.49. The number of hydrogen-bond acceptors (Lipinski definition) is 4. The van der Waals surface area contributed by atoms with E-state index in [1.54, 1.807) is 25.3 Å². The van der Waals surface area contributed by atoms with E-state index in [1.807, 2.05) is 25.1 Å². The van der Waals surface area contributed by atoms with Crippen molar-refractivity contribution in [3.8, 4) is 5.75 Å². The predicted octanol–water partition coefficient (Wildman–Crippen LogP) is 1.72. The maximum Gasteiger partial charge on any atom is 0.251 e. The number of nitrogens with two attached hydrogens (primary N) is 1. The number of sulfonamides is 1. The van der Waals surface area contributed by atoms with Gasteiger partial charge in [-0.3, -0.25) is 4.79 Å². The van der Waals surface area contributed by atoms with E-state index in [0.717, 1.165) is 16.9 Å². The van der Waals surface area contributed by atoms with Crippen LogP contribution >= 0.6 is 0 Å². The molecule has 7 heteroatoms. The normalized spacial score (nSPS) is 11.1. The molecule has 0 spiro atoms. The van der Waals surface area contributed by atoms with Crippen LogP contribution in [-0.4, -0.2) is 21.4 Å². The third-order valence-corrected chi connectivity index (χ3v) is 4.22. The number of carbonyl (C=O) groups excluding carboxylic acids is 1. The molecule has 0 saturated carbocycles. The van der Waals surface area contributed by atoms with Gasteiger partial charge >= 0.3 is 0 Å². The van der Waals surface area contributed by atoms with Crippen molar-refractivity contribution < 1.29 is 17.9 Å². The van der Waals surface area contributed by atoms with Crippen LogP contribution in [0, 0.1) is 6.92 Å². The molecule has 2 aromatic carbocycles. The molecule has 6 nitrogen and oxygen atoms in total. The van der Waals surface area contributed by atoms with Crippen molar-refractivity contribution in [3.63, 3.8) is 0 Å². The first-order chi connectivity index (χ1) is 11.3. The Morgan fingerprint density at radius 3 is 2.58 bits per heavy atom. The molecule has 3 N–H and O–H groups in total. The second-order valence-corrected chi connectivity index (χ2v) is 7.11. The van der Waals surface area contributed by atoms with Gasteiger partial charge in [0.25, 0.3) is 5.91 Å². The summed E-state index contributed by atoms with van der Waals surface area (Å²) in [6.45, 7) is 2.28. The SMILES string of the molecule is COc1cc(CNC(=O)c2cccc(CS(N)(=O)=O)c2)ccc1C. The Bertz CT molecular complexity index is 847. The summed E-state index contributed by atoms with van der Waals surface area (Å²) in [7, 11) is -2.03. The van der Waals surface area contributed by atoms with Gasteiger partial charge in [0, 0.05) is 12.1 Å². The zero-order valence-electron chi connectivity index (χ0n) is 13.6. The van der Waals surface area contributed by atoms with Gasteiger partial charge in [0.1, 0.15) is 5.75 Å². The third-order valence-electron chi connectivity index (χ3n) is 3.48. The number of carbonyl (C=O) groups is 1. The van der Waals surface area contributed by atoms with Crippen LogP contribution in [0.2, 0.25) is 0 Å². The summed E-state index contributed by atoms with van der Waals surface area (Å²) < 4.78 is 27.5. The minimum atomic E-state index is -3.63. The van der Waals surface area contributed by atoms with Crippen molar-refractivity contribution in [2.24, 2.45) is 5.14 Å². The van der Waals surface area contributed by atoms with Crippen molar-refractivity contribution >= 4 is 15.9 Å². The van der Waals surface area contributed by atoms with Gasteiger partial charge in [-0.15, -0.1) is 0 Å². The Balaban J connectivity index is 2.06. The molecule has 0 atom stereocenters. The standard InChI is InChI=1S/C17H20N2O4S/c1-12-6-7-13(9-16(12)23-2)10-19-17(20)15-5-3-4-14(8-15)11-24(18,21)22/h3-9H,10-11H2,1-2H3,(H,19,20)(H2,18,21,22). The Labute approximate surface area is 141 Å². The lowest BCUT2D eigenvalue weighted by molar-refractivity contribution is 0.0950. The van der Waals surface area contributed by atoms with Crippen molar-refractivity contribution in [3.05, 3.63) is 64.7 Å². The number of benzene rings is 2. The highest BCUT2D eigenvalue weighted by molar-refractivity contribution is 7.88. The first kappa shape index (κ1) is 18.0. The summed E-state index contributed by atoms with van der Waals surface area (Å²) in [5.74, 6) is 0.172. The molecule has 0 bridgehead atoms. The van der Waals surface area contributed by atoms with E-state index >= 15 is 0 Å². The molecule has 0 aliphatic carbocycles. The average molecular weight is 348 g/mol. The molecule has 2 aromatic rings. The number of methoxy groups -OCH3 is 1. The molecule has 0 saturated heterocycles.